The summed E-state index contributed by atoms with van der Waals surface area (Å²) in [5.41, 5.74) is -0.403. The monoisotopic (exact) mass is 231 g/mol. The molecule has 0 aliphatic carbocycles. The van der Waals surface area contributed by atoms with Gasteiger partial charge in [-0.15, -0.1) is 0 Å². The predicted molar refractivity (Wildman–Crippen MR) is 64.3 cm³/mol. The Morgan fingerprint density at radius 3 is 2.38 bits per heavy atom. The number of hydrogen-bond donors (Lipinski definition) is 2. The number of rotatable bonds is 8. The molecule has 0 heterocycles. The molecule has 0 aromatic rings. The van der Waals surface area contributed by atoms with Crippen LogP contribution in [0, 0.1) is 0 Å². The molecule has 0 aromatic carbocycles. The molecule has 16 heavy (non-hydrogen) atoms. The third kappa shape index (κ3) is 11.5. The fourth-order valence-electron chi connectivity index (χ4n) is 1.28. The van der Waals surface area contributed by atoms with Crippen LogP contribution in [0.4, 0.5) is 0 Å². The minimum Gasteiger partial charge on any atom is -0.459 e. The second-order valence-electron chi connectivity index (χ2n) is 4.90. The zero-order chi connectivity index (χ0) is 12.4. The van der Waals surface area contributed by atoms with Gasteiger partial charge < -0.3 is 15.2 Å². The Balaban J connectivity index is 3.28. The summed E-state index contributed by atoms with van der Waals surface area (Å²) in [5, 5.41) is 11.6. The number of nitrogens with one attached hydrogen (secondary N) is 1. The smallest absolute Gasteiger partial charge is 0.320 e. The lowest BCUT2D eigenvalue weighted by Crippen LogP contribution is -2.31. The first-order chi connectivity index (χ1) is 7.45. The van der Waals surface area contributed by atoms with E-state index < -0.39 is 5.60 Å². The summed E-state index contributed by atoms with van der Waals surface area (Å²) < 4.78 is 5.15. The van der Waals surface area contributed by atoms with E-state index in [1.165, 1.54) is 0 Å². The summed E-state index contributed by atoms with van der Waals surface area (Å²) in [6.45, 7) is 6.95. The molecule has 0 spiro atoms. The highest BCUT2D eigenvalue weighted by Gasteiger charge is 2.15. The Hall–Kier alpha value is -0.610. The lowest BCUT2D eigenvalue weighted by atomic mass is 10.2. The molecule has 0 saturated carbocycles. The second kappa shape index (κ2) is 8.53. The lowest BCUT2D eigenvalue weighted by Gasteiger charge is -2.19. The minimum atomic E-state index is -0.403. The molecule has 0 amide bonds. The molecule has 0 fully saturated rings. The first-order valence-electron chi connectivity index (χ1n) is 5.99. The van der Waals surface area contributed by atoms with Crippen LogP contribution in [0.3, 0.4) is 0 Å². The quantitative estimate of drug-likeness (QED) is 0.490. The summed E-state index contributed by atoms with van der Waals surface area (Å²) in [6.07, 6.45) is 4.03. The van der Waals surface area contributed by atoms with Gasteiger partial charge in [-0.1, -0.05) is 12.8 Å². The largest absolute Gasteiger partial charge is 0.459 e. The van der Waals surface area contributed by atoms with E-state index in [-0.39, 0.29) is 19.1 Å². The minimum absolute atomic E-state index is 0.206. The molecule has 4 nitrogen and oxygen atoms in total. The third-order valence-corrected chi connectivity index (χ3v) is 1.95. The Morgan fingerprint density at radius 2 is 1.81 bits per heavy atom. The van der Waals surface area contributed by atoms with Crippen LogP contribution < -0.4 is 5.32 Å². The van der Waals surface area contributed by atoms with E-state index in [0.29, 0.717) is 0 Å². The van der Waals surface area contributed by atoms with Crippen LogP contribution in [-0.4, -0.2) is 36.4 Å². The summed E-state index contributed by atoms with van der Waals surface area (Å²) in [7, 11) is 0. The van der Waals surface area contributed by atoms with Gasteiger partial charge in [0.05, 0.1) is 6.54 Å². The molecule has 0 rings (SSSR count). The van der Waals surface area contributed by atoms with E-state index in [9.17, 15) is 4.79 Å². The Labute approximate surface area is 98.4 Å². The van der Waals surface area contributed by atoms with Gasteiger partial charge in [0, 0.05) is 6.61 Å². The molecule has 0 aliphatic rings. The first-order valence-corrected chi connectivity index (χ1v) is 5.99. The van der Waals surface area contributed by atoms with Crippen LogP contribution in [0.25, 0.3) is 0 Å². The number of hydrogen-bond acceptors (Lipinski definition) is 4. The normalized spacial score (nSPS) is 11.5. The van der Waals surface area contributed by atoms with E-state index in [0.717, 1.165) is 32.2 Å². The van der Waals surface area contributed by atoms with E-state index in [1.807, 2.05) is 20.8 Å². The van der Waals surface area contributed by atoms with E-state index >= 15 is 0 Å². The van der Waals surface area contributed by atoms with Gasteiger partial charge in [0.2, 0.25) is 0 Å². The standard InChI is InChI=1S/C12H25NO3/c1-12(2,3)16-11(15)10-13-8-6-4-5-7-9-14/h13-14H,4-10H2,1-3H3. The number of aliphatic hydroxyl groups is 1. The summed E-state index contributed by atoms with van der Waals surface area (Å²) in [5.74, 6) is -0.206. The average Bonchev–Trinajstić information content (AvgIpc) is 2.13. The molecule has 0 saturated heterocycles. The van der Waals surface area contributed by atoms with Gasteiger partial charge in [-0.05, 0) is 40.2 Å². The SMILES string of the molecule is CC(C)(C)OC(=O)CNCCCCCCO. The summed E-state index contributed by atoms with van der Waals surface area (Å²) in [4.78, 5) is 11.3. The van der Waals surface area contributed by atoms with E-state index in [1.54, 1.807) is 0 Å². The Bertz CT molecular complexity index is 187. The fraction of sp³-hybridized carbons (Fsp3) is 0.917. The second-order valence-corrected chi connectivity index (χ2v) is 4.90. The predicted octanol–water partition coefficient (Wildman–Crippen LogP) is 1.47. The van der Waals surface area contributed by atoms with E-state index in [2.05, 4.69) is 5.32 Å². The average molecular weight is 231 g/mol. The van der Waals surface area contributed by atoms with Gasteiger partial charge in [-0.2, -0.15) is 0 Å². The van der Waals surface area contributed by atoms with Crippen molar-refractivity contribution in [2.24, 2.45) is 0 Å². The van der Waals surface area contributed by atoms with Gasteiger partial charge in [-0.3, -0.25) is 4.79 Å². The van der Waals surface area contributed by atoms with Crippen LogP contribution in [0.15, 0.2) is 0 Å². The molecular weight excluding hydrogens is 206 g/mol. The molecule has 2 N–H and O–H groups in total. The van der Waals surface area contributed by atoms with E-state index in [4.69, 9.17) is 9.84 Å². The maximum absolute atomic E-state index is 11.3. The molecule has 0 bridgehead atoms. The van der Waals surface area contributed by atoms with Crippen molar-refractivity contribution in [3.63, 3.8) is 0 Å². The zero-order valence-corrected chi connectivity index (χ0v) is 10.7. The molecule has 0 unspecified atom stereocenters. The van der Waals surface area contributed by atoms with Crippen molar-refractivity contribution in [3.05, 3.63) is 0 Å². The maximum atomic E-state index is 11.3. The van der Waals surface area contributed by atoms with Crippen molar-refractivity contribution < 1.29 is 14.6 Å². The first kappa shape index (κ1) is 15.4. The molecule has 0 atom stereocenters. The molecule has 0 aliphatic heterocycles. The summed E-state index contributed by atoms with van der Waals surface area (Å²) >= 11 is 0. The highest BCUT2D eigenvalue weighted by molar-refractivity contribution is 5.72. The number of aliphatic hydroxyl groups excluding tert-OH is 1. The van der Waals surface area contributed by atoms with Crippen molar-refractivity contribution in [2.45, 2.75) is 52.1 Å². The fourth-order valence-corrected chi connectivity index (χ4v) is 1.28. The number of carbonyl (C=O) groups is 1. The van der Waals surface area contributed by atoms with Crippen LogP contribution in [-0.2, 0) is 9.53 Å². The van der Waals surface area contributed by atoms with Gasteiger partial charge in [0.15, 0.2) is 0 Å². The number of unbranched alkanes of at least 4 members (excludes halogenated alkanes) is 3. The highest BCUT2D eigenvalue weighted by atomic mass is 16.6. The van der Waals surface area contributed by atoms with Crippen molar-refractivity contribution in [1.82, 2.24) is 5.32 Å². The molecule has 0 radical (unpaired) electrons. The van der Waals surface area contributed by atoms with Crippen molar-refractivity contribution in [3.8, 4) is 0 Å². The zero-order valence-electron chi connectivity index (χ0n) is 10.7. The molecule has 0 aromatic heterocycles. The van der Waals surface area contributed by atoms with Gasteiger partial charge in [0.25, 0.3) is 0 Å². The van der Waals surface area contributed by atoms with Crippen molar-refractivity contribution in [1.29, 1.82) is 0 Å². The Morgan fingerprint density at radius 1 is 1.19 bits per heavy atom. The van der Waals surface area contributed by atoms with Crippen molar-refractivity contribution >= 4 is 5.97 Å². The highest BCUT2D eigenvalue weighted by Crippen LogP contribution is 2.06. The van der Waals surface area contributed by atoms with Gasteiger partial charge in [0.1, 0.15) is 5.60 Å². The molecule has 4 heteroatoms. The number of carbonyl (C=O) groups excluding carboxylic acids is 1. The van der Waals surface area contributed by atoms with Crippen LogP contribution in [0.1, 0.15) is 46.5 Å². The summed E-state index contributed by atoms with van der Waals surface area (Å²) in [6, 6.07) is 0. The van der Waals surface area contributed by atoms with Crippen LogP contribution in [0.2, 0.25) is 0 Å². The number of ether oxygens (including phenoxy) is 1. The lowest BCUT2D eigenvalue weighted by molar-refractivity contribution is -0.153. The van der Waals surface area contributed by atoms with Crippen LogP contribution >= 0.6 is 0 Å². The maximum Gasteiger partial charge on any atom is 0.320 e. The third-order valence-electron chi connectivity index (χ3n) is 1.95. The van der Waals surface area contributed by atoms with Gasteiger partial charge >= 0.3 is 5.97 Å². The number of esters is 1. The van der Waals surface area contributed by atoms with Crippen molar-refractivity contribution in [2.75, 3.05) is 19.7 Å². The van der Waals surface area contributed by atoms with Crippen LogP contribution in [0.5, 0.6) is 0 Å². The Kier molecular flexibility index (Phi) is 8.21. The van der Waals surface area contributed by atoms with Gasteiger partial charge in [-0.25, -0.2) is 0 Å². The topological polar surface area (TPSA) is 58.6 Å². The molecular formula is C12H25NO3. The molecule has 96 valence electrons.